The normalized spacial score (nSPS) is 15.6. The van der Waals surface area contributed by atoms with Gasteiger partial charge in [-0.1, -0.05) is 24.3 Å². The van der Waals surface area contributed by atoms with Crippen LogP contribution in [-0.2, 0) is 11.2 Å². The van der Waals surface area contributed by atoms with Crippen molar-refractivity contribution in [3.05, 3.63) is 76.0 Å². The molecule has 5 rings (SSSR count). The van der Waals surface area contributed by atoms with Crippen LogP contribution in [0.15, 0.2) is 65.0 Å². The first-order valence-corrected chi connectivity index (χ1v) is 11.1. The Kier molecular flexibility index (Phi) is 5.01. The third-order valence-corrected chi connectivity index (χ3v) is 6.40. The molecular formula is C24H23N3O2S. The number of carbonyl (C=O) groups is 1. The molecule has 1 amide bonds. The molecule has 6 heteroatoms. The average Bonchev–Trinajstić information content (AvgIpc) is 3.21. The second-order valence-electron chi connectivity index (χ2n) is 7.63. The minimum Gasteiger partial charge on any atom is -0.454 e. The monoisotopic (exact) mass is 417 g/mol. The highest BCUT2D eigenvalue weighted by atomic mass is 32.1. The minimum absolute atomic E-state index is 0.199. The topological polar surface area (TPSA) is 45.1 Å². The Hall–Kier alpha value is -3.12. The molecule has 152 valence electrons. The fourth-order valence-electron chi connectivity index (χ4n) is 3.91. The van der Waals surface area contributed by atoms with Crippen LogP contribution in [-0.4, -0.2) is 47.7 Å². The van der Waals surface area contributed by atoms with Crippen LogP contribution in [0.1, 0.15) is 16.0 Å². The molecule has 1 saturated heterocycles. The summed E-state index contributed by atoms with van der Waals surface area (Å²) in [6.07, 6.45) is 0.488. The number of hydrogen-bond donors (Lipinski definition) is 0. The number of aliphatic imine (C=N–C) groups is 1. The highest BCUT2D eigenvalue weighted by Crippen LogP contribution is 2.38. The summed E-state index contributed by atoms with van der Waals surface area (Å²) in [7, 11) is 0. The molecule has 3 aromatic rings. The van der Waals surface area contributed by atoms with Crippen molar-refractivity contribution >= 4 is 28.8 Å². The number of aryl methyl sites for hydroxylation is 1. The first kappa shape index (κ1) is 18.9. The van der Waals surface area contributed by atoms with E-state index in [2.05, 4.69) is 24.0 Å². The van der Waals surface area contributed by atoms with E-state index in [1.54, 1.807) is 11.3 Å². The van der Waals surface area contributed by atoms with E-state index < -0.39 is 0 Å². The van der Waals surface area contributed by atoms with Crippen LogP contribution in [0.2, 0.25) is 0 Å². The molecule has 0 unspecified atom stereocenters. The first-order chi connectivity index (χ1) is 14.7. The average molecular weight is 418 g/mol. The molecule has 2 aliphatic rings. The molecule has 2 aliphatic heterocycles. The van der Waals surface area contributed by atoms with Crippen molar-refractivity contribution in [2.24, 2.45) is 4.99 Å². The van der Waals surface area contributed by atoms with Gasteiger partial charge in [0.1, 0.15) is 17.3 Å². The van der Waals surface area contributed by atoms with Crippen molar-refractivity contribution in [1.82, 2.24) is 9.80 Å². The predicted molar refractivity (Wildman–Crippen MR) is 120 cm³/mol. The van der Waals surface area contributed by atoms with Crippen LogP contribution in [0.3, 0.4) is 0 Å². The summed E-state index contributed by atoms with van der Waals surface area (Å²) < 4.78 is 6.22. The number of fused-ring (bicyclic) bond motifs is 2. The maximum Gasteiger partial charge on any atom is 0.227 e. The molecule has 0 saturated carbocycles. The second-order valence-corrected chi connectivity index (χ2v) is 8.66. The molecular weight excluding hydrogens is 394 g/mol. The molecule has 1 fully saturated rings. The Bertz CT molecular complexity index is 1100. The number of amides is 1. The SMILES string of the molecule is Cc1ccc2c(c1)Oc1ccccc1C(N1CCN(C(=O)Cc3cccs3)CC1)=N2. The van der Waals surface area contributed by atoms with E-state index >= 15 is 0 Å². The summed E-state index contributed by atoms with van der Waals surface area (Å²) in [6, 6.07) is 18.2. The van der Waals surface area contributed by atoms with Gasteiger partial charge in [0.25, 0.3) is 0 Å². The van der Waals surface area contributed by atoms with E-state index in [0.717, 1.165) is 52.1 Å². The van der Waals surface area contributed by atoms with Crippen LogP contribution in [0, 0.1) is 6.92 Å². The number of benzene rings is 2. The number of amidine groups is 1. The summed E-state index contributed by atoms with van der Waals surface area (Å²) in [4.78, 5) is 23.0. The quantitative estimate of drug-likeness (QED) is 0.611. The molecule has 3 heterocycles. The molecule has 0 N–H and O–H groups in total. The molecule has 0 bridgehead atoms. The van der Waals surface area contributed by atoms with Crippen molar-refractivity contribution in [1.29, 1.82) is 0 Å². The van der Waals surface area contributed by atoms with Crippen LogP contribution >= 0.6 is 11.3 Å². The van der Waals surface area contributed by atoms with E-state index in [-0.39, 0.29) is 5.91 Å². The van der Waals surface area contributed by atoms with Crippen LogP contribution in [0.5, 0.6) is 11.5 Å². The number of rotatable bonds is 2. The third-order valence-electron chi connectivity index (χ3n) is 5.53. The molecule has 2 aromatic carbocycles. The lowest BCUT2D eigenvalue weighted by molar-refractivity contribution is -0.131. The smallest absolute Gasteiger partial charge is 0.227 e. The summed E-state index contributed by atoms with van der Waals surface area (Å²) in [5.74, 6) is 2.71. The molecule has 30 heavy (non-hydrogen) atoms. The van der Waals surface area contributed by atoms with Gasteiger partial charge in [0.2, 0.25) is 5.91 Å². The number of hydrogen-bond acceptors (Lipinski definition) is 5. The molecule has 0 radical (unpaired) electrons. The lowest BCUT2D eigenvalue weighted by Gasteiger charge is -2.36. The Balaban J connectivity index is 1.38. The molecule has 0 atom stereocenters. The van der Waals surface area contributed by atoms with Gasteiger partial charge in [-0.3, -0.25) is 4.79 Å². The zero-order valence-electron chi connectivity index (χ0n) is 16.9. The fraction of sp³-hybridized carbons (Fsp3) is 0.250. The highest BCUT2D eigenvalue weighted by Gasteiger charge is 2.27. The van der Waals surface area contributed by atoms with Crippen LogP contribution in [0.25, 0.3) is 0 Å². The first-order valence-electron chi connectivity index (χ1n) is 10.2. The largest absolute Gasteiger partial charge is 0.454 e. The minimum atomic E-state index is 0.199. The number of carbonyl (C=O) groups excluding carboxylic acids is 1. The number of piperazine rings is 1. The fourth-order valence-corrected chi connectivity index (χ4v) is 4.61. The number of ether oxygens (including phenoxy) is 1. The number of thiophene rings is 1. The summed E-state index contributed by atoms with van der Waals surface area (Å²) in [6.45, 7) is 4.96. The number of para-hydroxylation sites is 1. The molecule has 1 aromatic heterocycles. The van der Waals surface area contributed by atoms with E-state index in [4.69, 9.17) is 9.73 Å². The van der Waals surface area contributed by atoms with Gasteiger partial charge < -0.3 is 14.5 Å². The molecule has 0 spiro atoms. The van der Waals surface area contributed by atoms with E-state index in [1.165, 1.54) is 0 Å². The lowest BCUT2D eigenvalue weighted by Crippen LogP contribution is -2.51. The van der Waals surface area contributed by atoms with E-state index in [9.17, 15) is 4.79 Å². The van der Waals surface area contributed by atoms with Crippen molar-refractivity contribution in [3.8, 4) is 11.5 Å². The van der Waals surface area contributed by atoms with Gasteiger partial charge >= 0.3 is 0 Å². The summed E-state index contributed by atoms with van der Waals surface area (Å²) >= 11 is 1.64. The lowest BCUT2D eigenvalue weighted by atomic mass is 10.1. The van der Waals surface area contributed by atoms with Crippen LogP contribution < -0.4 is 4.74 Å². The van der Waals surface area contributed by atoms with Crippen molar-refractivity contribution in [2.45, 2.75) is 13.3 Å². The van der Waals surface area contributed by atoms with Gasteiger partial charge in [-0.2, -0.15) is 0 Å². The van der Waals surface area contributed by atoms with Crippen molar-refractivity contribution in [2.75, 3.05) is 26.2 Å². The van der Waals surface area contributed by atoms with Gasteiger partial charge in [0.05, 0.1) is 12.0 Å². The second kappa shape index (κ2) is 7.95. The Labute approximate surface area is 180 Å². The maximum absolute atomic E-state index is 12.7. The molecule has 5 nitrogen and oxygen atoms in total. The van der Waals surface area contributed by atoms with Crippen LogP contribution in [0.4, 0.5) is 5.69 Å². The Morgan fingerprint density at radius 3 is 2.67 bits per heavy atom. The predicted octanol–water partition coefficient (Wildman–Crippen LogP) is 4.63. The van der Waals surface area contributed by atoms with Gasteiger partial charge in [-0.05, 0) is 48.2 Å². The van der Waals surface area contributed by atoms with Gasteiger partial charge in [-0.25, -0.2) is 4.99 Å². The Morgan fingerprint density at radius 1 is 1.03 bits per heavy atom. The van der Waals surface area contributed by atoms with Crippen molar-refractivity contribution < 1.29 is 9.53 Å². The van der Waals surface area contributed by atoms with Gasteiger partial charge in [0.15, 0.2) is 5.75 Å². The molecule has 0 aliphatic carbocycles. The van der Waals surface area contributed by atoms with E-state index in [0.29, 0.717) is 19.5 Å². The maximum atomic E-state index is 12.7. The number of nitrogens with zero attached hydrogens (tertiary/aromatic N) is 3. The van der Waals surface area contributed by atoms with E-state index in [1.807, 2.05) is 52.7 Å². The zero-order valence-corrected chi connectivity index (χ0v) is 17.7. The van der Waals surface area contributed by atoms with Gasteiger partial charge in [-0.15, -0.1) is 11.3 Å². The Morgan fingerprint density at radius 2 is 1.87 bits per heavy atom. The third kappa shape index (κ3) is 3.71. The summed E-state index contributed by atoms with van der Waals surface area (Å²) in [5.41, 5.74) is 2.97. The standard InChI is InChI=1S/C24H23N3O2S/c1-17-8-9-20-22(15-17)29-21-7-3-2-6-19(21)24(25-20)27-12-10-26(11-13-27)23(28)16-18-5-4-14-30-18/h2-9,14-15H,10-13,16H2,1H3. The summed E-state index contributed by atoms with van der Waals surface area (Å²) in [5, 5.41) is 2.02. The van der Waals surface area contributed by atoms with Crippen molar-refractivity contribution in [3.63, 3.8) is 0 Å². The highest BCUT2D eigenvalue weighted by molar-refractivity contribution is 7.10. The van der Waals surface area contributed by atoms with Gasteiger partial charge in [0, 0.05) is 31.1 Å². The zero-order chi connectivity index (χ0) is 20.5.